The van der Waals surface area contributed by atoms with E-state index < -0.39 is 23.7 Å². The third-order valence-corrected chi connectivity index (χ3v) is 4.57. The van der Waals surface area contributed by atoms with Crippen molar-refractivity contribution in [3.05, 3.63) is 0 Å². The number of amides is 2. The molecule has 0 aromatic heterocycles. The van der Waals surface area contributed by atoms with E-state index in [9.17, 15) is 14.4 Å². The van der Waals surface area contributed by atoms with E-state index in [1.165, 1.54) is 9.80 Å². The molecule has 1 saturated heterocycles. The van der Waals surface area contributed by atoms with Crippen molar-refractivity contribution in [1.82, 2.24) is 9.80 Å². The van der Waals surface area contributed by atoms with Crippen LogP contribution in [0.1, 0.15) is 59.3 Å². The highest BCUT2D eigenvalue weighted by atomic mass is 16.6. The number of carboxylic acid groups (broad SMARTS) is 1. The number of carboxylic acids is 1. The molecule has 0 bridgehead atoms. The Morgan fingerprint density at radius 3 is 2.21 bits per heavy atom. The molecule has 1 saturated carbocycles. The van der Waals surface area contributed by atoms with Gasteiger partial charge in [-0.15, -0.1) is 0 Å². The second-order valence-corrected chi connectivity index (χ2v) is 7.63. The van der Waals surface area contributed by atoms with E-state index >= 15 is 0 Å². The predicted molar refractivity (Wildman–Crippen MR) is 87.6 cm³/mol. The van der Waals surface area contributed by atoms with Crippen LogP contribution in [0.2, 0.25) is 0 Å². The van der Waals surface area contributed by atoms with Gasteiger partial charge in [-0.2, -0.15) is 0 Å². The Balaban J connectivity index is 2.06. The molecule has 24 heavy (non-hydrogen) atoms. The molecule has 2 fully saturated rings. The highest BCUT2D eigenvalue weighted by Gasteiger charge is 2.40. The molecule has 1 N–H and O–H groups in total. The summed E-state index contributed by atoms with van der Waals surface area (Å²) in [5, 5.41) is 9.10. The maximum absolute atomic E-state index is 12.6. The van der Waals surface area contributed by atoms with Gasteiger partial charge in [-0.25, -0.2) is 9.59 Å². The minimum absolute atomic E-state index is 0.0119. The summed E-state index contributed by atoms with van der Waals surface area (Å²) in [6.45, 7) is 5.71. The van der Waals surface area contributed by atoms with E-state index in [-0.39, 0.29) is 18.5 Å². The first-order valence-corrected chi connectivity index (χ1v) is 8.71. The fourth-order valence-corrected chi connectivity index (χ4v) is 3.24. The van der Waals surface area contributed by atoms with Crippen molar-refractivity contribution in [2.24, 2.45) is 0 Å². The highest BCUT2D eigenvalue weighted by molar-refractivity contribution is 5.88. The largest absolute Gasteiger partial charge is 0.480 e. The predicted octanol–water partition coefficient (Wildman–Crippen LogP) is 2.24. The lowest BCUT2D eigenvalue weighted by Crippen LogP contribution is -2.59. The Morgan fingerprint density at radius 1 is 1.12 bits per heavy atom. The van der Waals surface area contributed by atoms with Gasteiger partial charge in [-0.3, -0.25) is 9.69 Å². The summed E-state index contributed by atoms with van der Waals surface area (Å²) < 4.78 is 5.46. The average Bonchev–Trinajstić information content (AvgIpc) is 2.41. The van der Waals surface area contributed by atoms with E-state index in [2.05, 4.69) is 0 Å². The fraction of sp³-hybridized carbons (Fsp3) is 0.824. The first kappa shape index (κ1) is 18.5. The third-order valence-electron chi connectivity index (χ3n) is 4.57. The number of likely N-dealkylation sites (tertiary alicyclic amines) is 1. The zero-order chi connectivity index (χ0) is 17.9. The van der Waals surface area contributed by atoms with Crippen LogP contribution in [0, 0.1) is 0 Å². The average molecular weight is 340 g/mol. The number of aliphatic carboxylic acids is 1. The molecule has 2 aliphatic rings. The number of carbonyl (C=O) groups is 3. The van der Waals surface area contributed by atoms with Gasteiger partial charge in [0.25, 0.3) is 0 Å². The van der Waals surface area contributed by atoms with Gasteiger partial charge in [0.15, 0.2) is 0 Å². The van der Waals surface area contributed by atoms with Gasteiger partial charge in [0.2, 0.25) is 5.91 Å². The van der Waals surface area contributed by atoms with Crippen molar-refractivity contribution in [2.45, 2.75) is 77.0 Å². The lowest BCUT2D eigenvalue weighted by Gasteiger charge is -2.41. The molecule has 2 rings (SSSR count). The summed E-state index contributed by atoms with van der Waals surface area (Å²) in [5.41, 5.74) is -0.632. The topological polar surface area (TPSA) is 87.2 Å². The fourth-order valence-electron chi connectivity index (χ4n) is 3.24. The Labute approximate surface area is 142 Å². The molecule has 1 aliphatic carbocycles. The van der Waals surface area contributed by atoms with Crippen LogP contribution in [0.5, 0.6) is 0 Å². The zero-order valence-electron chi connectivity index (χ0n) is 14.8. The van der Waals surface area contributed by atoms with Crippen LogP contribution in [0.25, 0.3) is 0 Å². The Hall–Kier alpha value is -1.79. The Kier molecular flexibility index (Phi) is 5.72. The van der Waals surface area contributed by atoms with Gasteiger partial charge in [0.1, 0.15) is 18.2 Å². The van der Waals surface area contributed by atoms with Crippen molar-refractivity contribution in [2.75, 3.05) is 13.1 Å². The zero-order valence-corrected chi connectivity index (χ0v) is 14.8. The van der Waals surface area contributed by atoms with Crippen LogP contribution in [0.15, 0.2) is 0 Å². The third kappa shape index (κ3) is 4.61. The van der Waals surface area contributed by atoms with Crippen molar-refractivity contribution in [3.63, 3.8) is 0 Å². The van der Waals surface area contributed by atoms with Gasteiger partial charge >= 0.3 is 12.1 Å². The molecule has 0 spiro atoms. The molecular formula is C17H28N2O5. The molecule has 0 radical (unpaired) electrons. The molecule has 0 aromatic rings. The summed E-state index contributed by atoms with van der Waals surface area (Å²) in [5.74, 6) is -1.30. The molecule has 1 heterocycles. The van der Waals surface area contributed by atoms with Gasteiger partial charge in [0.05, 0.1) is 0 Å². The minimum atomic E-state index is -0.990. The summed E-state index contributed by atoms with van der Waals surface area (Å²) >= 11 is 0. The van der Waals surface area contributed by atoms with Crippen LogP contribution >= 0.6 is 0 Å². The molecule has 136 valence electrons. The van der Waals surface area contributed by atoms with E-state index in [1.807, 2.05) is 0 Å². The van der Waals surface area contributed by atoms with E-state index in [4.69, 9.17) is 9.84 Å². The molecule has 7 heteroatoms. The molecule has 0 aromatic carbocycles. The SMILES string of the molecule is CC(C)(C)OC(=O)N(CC(=O)N1CCC1C(=O)O)C1CCCCC1. The maximum Gasteiger partial charge on any atom is 0.411 e. The van der Waals surface area contributed by atoms with Crippen LogP contribution < -0.4 is 0 Å². The number of hydrogen-bond donors (Lipinski definition) is 1. The number of hydrogen-bond acceptors (Lipinski definition) is 4. The molecule has 7 nitrogen and oxygen atoms in total. The molecule has 1 unspecified atom stereocenters. The van der Waals surface area contributed by atoms with Gasteiger partial charge < -0.3 is 14.7 Å². The smallest absolute Gasteiger partial charge is 0.411 e. The van der Waals surface area contributed by atoms with Crippen LogP contribution in [0.4, 0.5) is 4.79 Å². The van der Waals surface area contributed by atoms with Gasteiger partial charge in [-0.1, -0.05) is 19.3 Å². The molecule has 2 amide bonds. The number of ether oxygens (including phenoxy) is 1. The van der Waals surface area contributed by atoms with Crippen molar-refractivity contribution < 1.29 is 24.2 Å². The highest BCUT2D eigenvalue weighted by Crippen LogP contribution is 2.25. The van der Waals surface area contributed by atoms with Crippen molar-refractivity contribution in [3.8, 4) is 0 Å². The lowest BCUT2D eigenvalue weighted by molar-refractivity contribution is -0.157. The monoisotopic (exact) mass is 340 g/mol. The van der Waals surface area contributed by atoms with Crippen LogP contribution in [-0.2, 0) is 14.3 Å². The van der Waals surface area contributed by atoms with Crippen molar-refractivity contribution in [1.29, 1.82) is 0 Å². The first-order valence-electron chi connectivity index (χ1n) is 8.71. The number of nitrogens with zero attached hydrogens (tertiary/aromatic N) is 2. The van der Waals surface area contributed by atoms with E-state index in [0.29, 0.717) is 13.0 Å². The first-order chi connectivity index (χ1) is 11.2. The second kappa shape index (κ2) is 7.40. The van der Waals surface area contributed by atoms with Crippen LogP contribution in [0.3, 0.4) is 0 Å². The van der Waals surface area contributed by atoms with Crippen LogP contribution in [-0.4, -0.2) is 63.7 Å². The molecule has 1 aliphatic heterocycles. The number of carbonyl (C=O) groups excluding carboxylic acids is 2. The van der Waals surface area contributed by atoms with E-state index in [1.54, 1.807) is 20.8 Å². The standard InChI is InChI=1S/C17H28N2O5/c1-17(2,3)24-16(23)19(12-7-5-4-6-8-12)11-14(20)18-10-9-13(18)15(21)22/h12-13H,4-11H2,1-3H3,(H,21,22). The van der Waals surface area contributed by atoms with Gasteiger partial charge in [-0.05, 0) is 40.0 Å². The second-order valence-electron chi connectivity index (χ2n) is 7.63. The maximum atomic E-state index is 12.6. The summed E-state index contributed by atoms with van der Waals surface area (Å²) in [4.78, 5) is 39.0. The minimum Gasteiger partial charge on any atom is -0.480 e. The van der Waals surface area contributed by atoms with Crippen molar-refractivity contribution >= 4 is 18.0 Å². The Bertz CT molecular complexity index is 494. The van der Waals surface area contributed by atoms with Gasteiger partial charge in [0, 0.05) is 12.6 Å². The summed E-state index contributed by atoms with van der Waals surface area (Å²) in [7, 11) is 0. The number of rotatable bonds is 4. The summed E-state index contributed by atoms with van der Waals surface area (Å²) in [6, 6.07) is -0.772. The van der Waals surface area contributed by atoms with E-state index in [0.717, 1.165) is 32.1 Å². The normalized spacial score (nSPS) is 21.8. The lowest BCUT2D eigenvalue weighted by atomic mass is 9.94. The molecule has 1 atom stereocenters. The quantitative estimate of drug-likeness (QED) is 0.848. The molecular weight excluding hydrogens is 312 g/mol. The summed E-state index contributed by atoms with van der Waals surface area (Å²) in [6.07, 6.45) is 4.88. The Morgan fingerprint density at radius 2 is 1.75 bits per heavy atom.